The minimum atomic E-state index is 0.480. The van der Waals surface area contributed by atoms with Gasteiger partial charge in [0.25, 0.3) is 0 Å². The van der Waals surface area contributed by atoms with Gasteiger partial charge in [-0.2, -0.15) is 0 Å². The molecule has 3 atom stereocenters. The second kappa shape index (κ2) is 7.44. The first kappa shape index (κ1) is 17.0. The van der Waals surface area contributed by atoms with E-state index in [1.807, 2.05) is 0 Å². The van der Waals surface area contributed by atoms with Crippen LogP contribution in [-0.4, -0.2) is 0 Å². The van der Waals surface area contributed by atoms with Gasteiger partial charge in [0.05, 0.1) is 0 Å². The van der Waals surface area contributed by atoms with Crippen molar-refractivity contribution in [3.63, 3.8) is 0 Å². The van der Waals surface area contributed by atoms with Crippen LogP contribution in [0.4, 0.5) is 0 Å². The van der Waals surface area contributed by atoms with Gasteiger partial charge in [-0.1, -0.05) is 74.7 Å². The molecule has 0 rings (SSSR count). The Morgan fingerprint density at radius 2 is 1.41 bits per heavy atom. The smallest absolute Gasteiger partial charge is 0.0323 e. The monoisotopic (exact) mass is 240 g/mol. The van der Waals surface area contributed by atoms with Crippen LogP contribution in [0.5, 0.6) is 0 Å². The van der Waals surface area contributed by atoms with Crippen molar-refractivity contribution in [3.8, 4) is 0 Å². The molecule has 0 N–H and O–H groups in total. The van der Waals surface area contributed by atoms with Crippen molar-refractivity contribution in [1.29, 1.82) is 0 Å². The molecule has 0 aliphatic carbocycles. The number of unbranched alkanes of at least 4 members (excludes halogenated alkanes) is 1. The van der Waals surface area contributed by atoms with Crippen LogP contribution in [0.15, 0.2) is 0 Å². The molecule has 104 valence electrons. The van der Waals surface area contributed by atoms with E-state index in [2.05, 4.69) is 55.4 Å². The van der Waals surface area contributed by atoms with Crippen molar-refractivity contribution in [3.05, 3.63) is 0 Å². The van der Waals surface area contributed by atoms with E-state index in [4.69, 9.17) is 0 Å². The van der Waals surface area contributed by atoms with E-state index >= 15 is 0 Å². The average molecular weight is 240 g/mol. The second-order valence-electron chi connectivity index (χ2n) is 7.32. The zero-order chi connectivity index (χ0) is 13.6. The Kier molecular flexibility index (Phi) is 7.44. The molecule has 0 saturated carbocycles. The fourth-order valence-electron chi connectivity index (χ4n) is 2.93. The third kappa shape index (κ3) is 5.93. The maximum atomic E-state index is 2.46. The molecule has 0 aromatic rings. The molecular formula is C17H36. The fraction of sp³-hybridized carbons (Fsp3) is 1.00. The molecule has 0 heteroatoms. The van der Waals surface area contributed by atoms with Crippen LogP contribution in [-0.2, 0) is 0 Å². The minimum Gasteiger partial charge on any atom is -0.0654 e. The highest BCUT2D eigenvalue weighted by Gasteiger charge is 2.30. The van der Waals surface area contributed by atoms with E-state index < -0.39 is 0 Å². The van der Waals surface area contributed by atoms with Crippen molar-refractivity contribution < 1.29 is 0 Å². The first-order chi connectivity index (χ1) is 7.72. The van der Waals surface area contributed by atoms with Crippen molar-refractivity contribution in [2.45, 2.75) is 81.1 Å². The van der Waals surface area contributed by atoms with Crippen LogP contribution >= 0.6 is 0 Å². The van der Waals surface area contributed by atoms with Gasteiger partial charge in [-0.3, -0.25) is 0 Å². The number of hydrogen-bond acceptors (Lipinski definition) is 0. The highest BCUT2D eigenvalue weighted by Crippen LogP contribution is 2.40. The Labute approximate surface area is 111 Å². The predicted molar refractivity (Wildman–Crippen MR) is 80.3 cm³/mol. The summed E-state index contributed by atoms with van der Waals surface area (Å²) >= 11 is 0. The molecule has 0 spiro atoms. The zero-order valence-corrected chi connectivity index (χ0v) is 13.6. The Balaban J connectivity index is 4.29. The normalized spacial score (nSPS) is 18.2. The first-order valence-corrected chi connectivity index (χ1v) is 7.72. The SMILES string of the molecule is CCCCC(C)C(C)CC(C)(C)C(C)C(C)C. The molecule has 3 unspecified atom stereocenters. The Morgan fingerprint density at radius 1 is 0.882 bits per heavy atom. The molecule has 17 heavy (non-hydrogen) atoms. The van der Waals surface area contributed by atoms with E-state index in [-0.39, 0.29) is 0 Å². The molecule has 0 aliphatic rings. The van der Waals surface area contributed by atoms with E-state index in [0.717, 1.165) is 23.7 Å². The van der Waals surface area contributed by atoms with Crippen LogP contribution in [0.3, 0.4) is 0 Å². The Hall–Kier alpha value is 0. The molecule has 0 fully saturated rings. The van der Waals surface area contributed by atoms with Gasteiger partial charge in [0.2, 0.25) is 0 Å². The van der Waals surface area contributed by atoms with Gasteiger partial charge in [0, 0.05) is 0 Å². The standard InChI is InChI=1S/C17H36/c1-9-10-11-14(4)15(5)12-17(7,8)16(6)13(2)3/h13-16H,9-12H2,1-8H3. The minimum absolute atomic E-state index is 0.480. The van der Waals surface area contributed by atoms with Gasteiger partial charge in [-0.05, 0) is 35.5 Å². The van der Waals surface area contributed by atoms with E-state index in [1.54, 1.807) is 0 Å². The molecule has 0 nitrogen and oxygen atoms in total. The summed E-state index contributed by atoms with van der Waals surface area (Å²) < 4.78 is 0. The third-order valence-electron chi connectivity index (χ3n) is 5.07. The highest BCUT2D eigenvalue weighted by molar-refractivity contribution is 4.80. The summed E-state index contributed by atoms with van der Waals surface area (Å²) in [6.07, 6.45) is 5.51. The largest absolute Gasteiger partial charge is 0.0654 e. The summed E-state index contributed by atoms with van der Waals surface area (Å²) in [6, 6.07) is 0. The summed E-state index contributed by atoms with van der Waals surface area (Å²) in [5, 5.41) is 0. The number of hydrogen-bond donors (Lipinski definition) is 0. The fourth-order valence-corrected chi connectivity index (χ4v) is 2.93. The molecule has 0 amide bonds. The zero-order valence-electron chi connectivity index (χ0n) is 13.6. The lowest BCUT2D eigenvalue weighted by molar-refractivity contribution is 0.119. The third-order valence-corrected chi connectivity index (χ3v) is 5.07. The van der Waals surface area contributed by atoms with Crippen LogP contribution in [0.2, 0.25) is 0 Å². The molecule has 0 aromatic carbocycles. The Bertz CT molecular complexity index is 190. The van der Waals surface area contributed by atoms with Gasteiger partial charge in [0.1, 0.15) is 0 Å². The van der Waals surface area contributed by atoms with Crippen LogP contribution < -0.4 is 0 Å². The summed E-state index contributed by atoms with van der Waals surface area (Å²) in [5.74, 6) is 3.35. The van der Waals surface area contributed by atoms with Gasteiger partial charge < -0.3 is 0 Å². The van der Waals surface area contributed by atoms with Crippen molar-refractivity contribution in [1.82, 2.24) is 0 Å². The van der Waals surface area contributed by atoms with Gasteiger partial charge >= 0.3 is 0 Å². The lowest BCUT2D eigenvalue weighted by atomic mass is 9.67. The first-order valence-electron chi connectivity index (χ1n) is 7.72. The van der Waals surface area contributed by atoms with Gasteiger partial charge in [0.15, 0.2) is 0 Å². The maximum absolute atomic E-state index is 2.46. The summed E-state index contributed by atoms with van der Waals surface area (Å²) in [6.45, 7) is 19.2. The quantitative estimate of drug-likeness (QED) is 0.477. The predicted octanol–water partition coefficient (Wildman–Crippen LogP) is 6.16. The second-order valence-corrected chi connectivity index (χ2v) is 7.32. The van der Waals surface area contributed by atoms with Gasteiger partial charge in [-0.25, -0.2) is 0 Å². The topological polar surface area (TPSA) is 0 Å². The lowest BCUT2D eigenvalue weighted by Crippen LogP contribution is -2.29. The molecule has 0 bridgehead atoms. The summed E-state index contributed by atoms with van der Waals surface area (Å²) in [7, 11) is 0. The van der Waals surface area contributed by atoms with Gasteiger partial charge in [-0.15, -0.1) is 0 Å². The molecule has 0 radical (unpaired) electrons. The Morgan fingerprint density at radius 3 is 1.82 bits per heavy atom. The highest BCUT2D eigenvalue weighted by atomic mass is 14.4. The van der Waals surface area contributed by atoms with Crippen LogP contribution in [0.25, 0.3) is 0 Å². The van der Waals surface area contributed by atoms with Crippen molar-refractivity contribution in [2.75, 3.05) is 0 Å². The van der Waals surface area contributed by atoms with Crippen molar-refractivity contribution in [2.24, 2.45) is 29.1 Å². The molecule has 0 aliphatic heterocycles. The molecule has 0 aromatic heterocycles. The van der Waals surface area contributed by atoms with E-state index in [0.29, 0.717) is 5.41 Å². The molecule has 0 saturated heterocycles. The van der Waals surface area contributed by atoms with Crippen molar-refractivity contribution >= 4 is 0 Å². The maximum Gasteiger partial charge on any atom is -0.0323 e. The lowest BCUT2D eigenvalue weighted by Gasteiger charge is -2.38. The number of rotatable bonds is 8. The summed E-state index contributed by atoms with van der Waals surface area (Å²) in [4.78, 5) is 0. The van der Waals surface area contributed by atoms with E-state index in [1.165, 1.54) is 25.7 Å². The average Bonchev–Trinajstić information content (AvgIpc) is 2.23. The van der Waals surface area contributed by atoms with E-state index in [9.17, 15) is 0 Å². The molecular weight excluding hydrogens is 204 g/mol. The molecule has 0 heterocycles. The van der Waals surface area contributed by atoms with Crippen LogP contribution in [0, 0.1) is 29.1 Å². The summed E-state index contributed by atoms with van der Waals surface area (Å²) in [5.41, 5.74) is 0.480. The van der Waals surface area contributed by atoms with Crippen LogP contribution in [0.1, 0.15) is 81.1 Å².